The number of carbonyl (C=O) groups excluding carboxylic acids is 3. The average Bonchev–Trinajstić information content (AvgIpc) is 2.73. The zero-order valence-electron chi connectivity index (χ0n) is 16.2. The van der Waals surface area contributed by atoms with E-state index in [0.29, 0.717) is 51.2 Å². The molecular formula is C21H27BrN2O4. The van der Waals surface area contributed by atoms with E-state index in [0.717, 1.165) is 17.3 Å². The Kier molecular flexibility index (Phi) is 7.10. The van der Waals surface area contributed by atoms with Gasteiger partial charge in [0.05, 0.1) is 12.5 Å². The van der Waals surface area contributed by atoms with Crippen LogP contribution in [0, 0.1) is 11.8 Å². The number of carbonyl (C=O) groups is 3. The smallest absolute Gasteiger partial charge is 0.310 e. The normalized spacial score (nSPS) is 20.7. The molecular weight excluding hydrogens is 424 g/mol. The lowest BCUT2D eigenvalue weighted by Crippen LogP contribution is -2.48. The molecule has 28 heavy (non-hydrogen) atoms. The van der Waals surface area contributed by atoms with Gasteiger partial charge in [-0.2, -0.15) is 0 Å². The van der Waals surface area contributed by atoms with E-state index in [2.05, 4.69) is 15.9 Å². The molecule has 2 saturated heterocycles. The van der Waals surface area contributed by atoms with Crippen LogP contribution in [0.15, 0.2) is 28.7 Å². The first-order valence-corrected chi connectivity index (χ1v) is 10.8. The van der Waals surface area contributed by atoms with E-state index in [-0.39, 0.29) is 29.6 Å². The van der Waals surface area contributed by atoms with E-state index in [9.17, 15) is 14.4 Å². The third kappa shape index (κ3) is 4.93. The van der Waals surface area contributed by atoms with E-state index in [1.165, 1.54) is 0 Å². The van der Waals surface area contributed by atoms with Crippen molar-refractivity contribution < 1.29 is 19.1 Å². The van der Waals surface area contributed by atoms with E-state index in [1.807, 2.05) is 34.1 Å². The molecule has 1 unspecified atom stereocenters. The van der Waals surface area contributed by atoms with Crippen LogP contribution in [0.3, 0.4) is 0 Å². The lowest BCUT2D eigenvalue weighted by molar-refractivity contribution is -0.152. The summed E-state index contributed by atoms with van der Waals surface area (Å²) in [5.41, 5.74) is 0.668. The summed E-state index contributed by atoms with van der Waals surface area (Å²) in [6, 6.07) is 7.35. The number of piperidine rings is 2. The van der Waals surface area contributed by atoms with Gasteiger partial charge in [0.15, 0.2) is 0 Å². The number of ether oxygens (including phenoxy) is 1. The highest BCUT2D eigenvalue weighted by Crippen LogP contribution is 2.25. The first kappa shape index (κ1) is 20.8. The van der Waals surface area contributed by atoms with Gasteiger partial charge in [-0.3, -0.25) is 14.4 Å². The van der Waals surface area contributed by atoms with E-state index < -0.39 is 0 Å². The number of esters is 1. The quantitative estimate of drug-likeness (QED) is 0.660. The number of halogens is 1. The van der Waals surface area contributed by atoms with Crippen molar-refractivity contribution in [2.24, 2.45) is 11.8 Å². The Morgan fingerprint density at radius 1 is 1.00 bits per heavy atom. The Bertz CT molecular complexity index is 714. The van der Waals surface area contributed by atoms with E-state index in [4.69, 9.17) is 4.74 Å². The highest BCUT2D eigenvalue weighted by Gasteiger charge is 2.34. The first-order chi connectivity index (χ1) is 13.5. The predicted octanol–water partition coefficient (Wildman–Crippen LogP) is 3.10. The van der Waals surface area contributed by atoms with Crippen LogP contribution in [-0.2, 0) is 14.3 Å². The summed E-state index contributed by atoms with van der Waals surface area (Å²) >= 11 is 3.38. The summed E-state index contributed by atoms with van der Waals surface area (Å²) in [6.07, 6.45) is 2.95. The van der Waals surface area contributed by atoms with Crippen molar-refractivity contribution in [3.8, 4) is 0 Å². The molecule has 1 aromatic carbocycles. The number of hydrogen-bond acceptors (Lipinski definition) is 4. The Morgan fingerprint density at radius 2 is 1.68 bits per heavy atom. The van der Waals surface area contributed by atoms with Crippen molar-refractivity contribution in [2.45, 2.75) is 32.6 Å². The molecule has 2 aliphatic heterocycles. The molecule has 2 heterocycles. The number of benzene rings is 1. The lowest BCUT2D eigenvalue weighted by Gasteiger charge is -2.37. The maximum atomic E-state index is 12.9. The second-order valence-corrected chi connectivity index (χ2v) is 8.36. The topological polar surface area (TPSA) is 66.9 Å². The molecule has 1 aromatic rings. The van der Waals surface area contributed by atoms with Crippen LogP contribution in [0.4, 0.5) is 0 Å². The summed E-state index contributed by atoms with van der Waals surface area (Å²) in [7, 11) is 0. The van der Waals surface area contributed by atoms with Crippen molar-refractivity contribution in [3.05, 3.63) is 34.3 Å². The third-order valence-corrected chi connectivity index (χ3v) is 6.10. The van der Waals surface area contributed by atoms with Gasteiger partial charge < -0.3 is 14.5 Å². The molecule has 7 heteroatoms. The molecule has 0 radical (unpaired) electrons. The van der Waals surface area contributed by atoms with E-state index in [1.54, 1.807) is 6.92 Å². The molecule has 2 aliphatic rings. The van der Waals surface area contributed by atoms with Crippen molar-refractivity contribution in [2.75, 3.05) is 32.8 Å². The Morgan fingerprint density at radius 3 is 2.32 bits per heavy atom. The van der Waals surface area contributed by atoms with Crippen LogP contribution in [-0.4, -0.2) is 60.4 Å². The fourth-order valence-corrected chi connectivity index (χ4v) is 4.26. The van der Waals surface area contributed by atoms with Gasteiger partial charge in [-0.05, 0) is 56.9 Å². The molecule has 0 aliphatic carbocycles. The molecule has 0 aromatic heterocycles. The Hall–Kier alpha value is -1.89. The molecule has 2 amide bonds. The number of hydrogen-bond donors (Lipinski definition) is 0. The minimum absolute atomic E-state index is 0.0127. The Balaban J connectivity index is 1.52. The fraction of sp³-hybridized carbons (Fsp3) is 0.571. The summed E-state index contributed by atoms with van der Waals surface area (Å²) < 4.78 is 6.06. The lowest BCUT2D eigenvalue weighted by atomic mass is 9.92. The van der Waals surface area contributed by atoms with Crippen LogP contribution in [0.1, 0.15) is 43.0 Å². The number of amides is 2. The van der Waals surface area contributed by atoms with Crippen molar-refractivity contribution >= 4 is 33.7 Å². The monoisotopic (exact) mass is 450 g/mol. The predicted molar refractivity (Wildman–Crippen MR) is 109 cm³/mol. The Labute approximate surface area is 174 Å². The minimum Gasteiger partial charge on any atom is -0.466 e. The molecule has 0 saturated carbocycles. The molecule has 1 atom stereocenters. The van der Waals surface area contributed by atoms with Crippen molar-refractivity contribution in [3.63, 3.8) is 0 Å². The SMILES string of the molecule is CCOC(=O)C1CCCN(C(=O)C2CCN(C(=O)c3ccc(Br)cc3)CC2)C1. The number of rotatable bonds is 4. The molecule has 152 valence electrons. The third-order valence-electron chi connectivity index (χ3n) is 5.58. The average molecular weight is 451 g/mol. The molecule has 0 spiro atoms. The second-order valence-electron chi connectivity index (χ2n) is 7.45. The van der Waals surface area contributed by atoms with Crippen molar-refractivity contribution in [1.82, 2.24) is 9.80 Å². The van der Waals surface area contributed by atoms with Gasteiger partial charge in [-0.1, -0.05) is 15.9 Å². The first-order valence-electron chi connectivity index (χ1n) is 10.00. The fourth-order valence-electron chi connectivity index (χ4n) is 3.99. The van der Waals surface area contributed by atoms with Crippen LogP contribution in [0.5, 0.6) is 0 Å². The van der Waals surface area contributed by atoms with Crippen LogP contribution in [0.2, 0.25) is 0 Å². The van der Waals surface area contributed by atoms with Gasteiger partial charge in [0.1, 0.15) is 0 Å². The van der Waals surface area contributed by atoms with Gasteiger partial charge in [-0.25, -0.2) is 0 Å². The zero-order valence-corrected chi connectivity index (χ0v) is 17.8. The molecule has 0 bridgehead atoms. The van der Waals surface area contributed by atoms with Gasteiger partial charge in [0, 0.05) is 42.1 Å². The second kappa shape index (κ2) is 9.54. The van der Waals surface area contributed by atoms with Crippen molar-refractivity contribution in [1.29, 1.82) is 0 Å². The molecule has 6 nitrogen and oxygen atoms in total. The minimum atomic E-state index is -0.211. The zero-order chi connectivity index (χ0) is 20.1. The molecule has 3 rings (SSSR count). The maximum absolute atomic E-state index is 12.9. The largest absolute Gasteiger partial charge is 0.466 e. The number of nitrogens with zero attached hydrogens (tertiary/aromatic N) is 2. The van der Waals surface area contributed by atoms with E-state index >= 15 is 0 Å². The molecule has 2 fully saturated rings. The van der Waals surface area contributed by atoms with Gasteiger partial charge >= 0.3 is 5.97 Å². The summed E-state index contributed by atoms with van der Waals surface area (Å²) in [4.78, 5) is 41.2. The number of likely N-dealkylation sites (tertiary alicyclic amines) is 2. The van der Waals surface area contributed by atoms with Crippen LogP contribution >= 0.6 is 15.9 Å². The summed E-state index contributed by atoms with van der Waals surface area (Å²) in [5, 5.41) is 0. The summed E-state index contributed by atoms with van der Waals surface area (Å²) in [6.45, 7) is 4.49. The van der Waals surface area contributed by atoms with Crippen LogP contribution < -0.4 is 0 Å². The van der Waals surface area contributed by atoms with Gasteiger partial charge in [-0.15, -0.1) is 0 Å². The highest BCUT2D eigenvalue weighted by molar-refractivity contribution is 9.10. The summed E-state index contributed by atoms with van der Waals surface area (Å²) in [5.74, 6) is -0.356. The van der Waals surface area contributed by atoms with Gasteiger partial charge in [0.25, 0.3) is 5.91 Å². The van der Waals surface area contributed by atoms with Crippen LogP contribution in [0.25, 0.3) is 0 Å². The standard InChI is InChI=1S/C21H27BrN2O4/c1-2-28-21(27)17-4-3-11-24(14-17)20(26)16-9-12-23(13-10-16)19(25)15-5-7-18(22)8-6-15/h5-8,16-17H,2-4,9-14H2,1H3. The van der Waals surface area contributed by atoms with Gasteiger partial charge in [0.2, 0.25) is 5.91 Å². The maximum Gasteiger partial charge on any atom is 0.310 e. The molecule has 0 N–H and O–H groups in total. The highest BCUT2D eigenvalue weighted by atomic mass is 79.9.